The number of carboxylic acids is 1. The SMILES string of the molecule is CCOCCN(CC)C1CCC(NC2CC2)(C(=O)O)C1. The summed E-state index contributed by atoms with van der Waals surface area (Å²) in [5.41, 5.74) is -0.690. The molecule has 0 aliphatic heterocycles. The third-order valence-electron chi connectivity index (χ3n) is 4.61. The Morgan fingerprint density at radius 1 is 1.40 bits per heavy atom. The number of nitrogens with one attached hydrogen (secondary N) is 1. The zero-order valence-electron chi connectivity index (χ0n) is 12.7. The van der Waals surface area contributed by atoms with Crippen LogP contribution in [0.2, 0.25) is 0 Å². The molecule has 2 unspecified atom stereocenters. The predicted molar refractivity (Wildman–Crippen MR) is 77.9 cm³/mol. The van der Waals surface area contributed by atoms with Crippen molar-refractivity contribution in [3.63, 3.8) is 0 Å². The summed E-state index contributed by atoms with van der Waals surface area (Å²) in [5.74, 6) is -0.673. The van der Waals surface area contributed by atoms with Crippen LogP contribution in [0, 0.1) is 0 Å². The van der Waals surface area contributed by atoms with Crippen molar-refractivity contribution < 1.29 is 14.6 Å². The molecule has 2 N–H and O–H groups in total. The van der Waals surface area contributed by atoms with Crippen LogP contribution in [0.25, 0.3) is 0 Å². The van der Waals surface area contributed by atoms with Crippen LogP contribution in [0.1, 0.15) is 46.0 Å². The van der Waals surface area contributed by atoms with Crippen molar-refractivity contribution in [1.82, 2.24) is 10.2 Å². The molecule has 0 aromatic rings. The first-order chi connectivity index (χ1) is 9.61. The Balaban J connectivity index is 1.91. The summed E-state index contributed by atoms with van der Waals surface area (Å²) < 4.78 is 5.43. The van der Waals surface area contributed by atoms with Crippen LogP contribution in [-0.2, 0) is 9.53 Å². The van der Waals surface area contributed by atoms with Gasteiger partial charge in [0.25, 0.3) is 0 Å². The average Bonchev–Trinajstić information content (AvgIpc) is 3.12. The van der Waals surface area contributed by atoms with Crippen LogP contribution in [0.5, 0.6) is 0 Å². The van der Waals surface area contributed by atoms with E-state index in [9.17, 15) is 9.90 Å². The Hall–Kier alpha value is -0.650. The number of carboxylic acid groups (broad SMARTS) is 1. The van der Waals surface area contributed by atoms with Crippen molar-refractivity contribution in [1.29, 1.82) is 0 Å². The van der Waals surface area contributed by atoms with E-state index in [1.165, 1.54) is 0 Å². The topological polar surface area (TPSA) is 61.8 Å². The monoisotopic (exact) mass is 284 g/mol. The third-order valence-corrected chi connectivity index (χ3v) is 4.61. The highest BCUT2D eigenvalue weighted by Crippen LogP contribution is 2.36. The van der Waals surface area contributed by atoms with E-state index in [0.717, 1.165) is 58.4 Å². The molecule has 0 radical (unpaired) electrons. The second kappa shape index (κ2) is 6.87. The largest absolute Gasteiger partial charge is 0.480 e. The van der Waals surface area contributed by atoms with Gasteiger partial charge in [-0.1, -0.05) is 6.92 Å². The number of aliphatic carboxylic acids is 1. The zero-order valence-corrected chi connectivity index (χ0v) is 12.7. The molecule has 5 heteroatoms. The molecule has 0 saturated heterocycles. The van der Waals surface area contributed by atoms with Gasteiger partial charge < -0.3 is 9.84 Å². The predicted octanol–water partition coefficient (Wildman–Crippen LogP) is 1.47. The number of likely N-dealkylation sites (N-methyl/N-ethyl adjacent to an activating group) is 1. The maximum Gasteiger partial charge on any atom is 0.323 e. The molecule has 116 valence electrons. The van der Waals surface area contributed by atoms with E-state index in [-0.39, 0.29) is 0 Å². The molecular formula is C15H28N2O3. The zero-order chi connectivity index (χ0) is 14.6. The molecule has 2 aliphatic rings. The number of nitrogens with zero attached hydrogens (tertiary/aromatic N) is 1. The molecule has 2 saturated carbocycles. The van der Waals surface area contributed by atoms with Crippen molar-refractivity contribution >= 4 is 5.97 Å². The van der Waals surface area contributed by atoms with Gasteiger partial charge in [-0.2, -0.15) is 0 Å². The summed E-state index contributed by atoms with van der Waals surface area (Å²) >= 11 is 0. The van der Waals surface area contributed by atoms with Crippen molar-refractivity contribution in [2.45, 2.75) is 63.6 Å². The molecule has 0 amide bonds. The van der Waals surface area contributed by atoms with Crippen molar-refractivity contribution in [2.24, 2.45) is 0 Å². The number of carbonyl (C=O) groups is 1. The van der Waals surface area contributed by atoms with Gasteiger partial charge in [0, 0.05) is 25.2 Å². The lowest BCUT2D eigenvalue weighted by atomic mass is 9.97. The second-order valence-corrected chi connectivity index (χ2v) is 6.03. The average molecular weight is 284 g/mol. The standard InChI is InChI=1S/C15H28N2O3/c1-3-17(9-10-20-4-2)13-7-8-15(11-13,14(18)19)16-12-5-6-12/h12-13,16H,3-11H2,1-2H3,(H,18,19). The minimum absolute atomic E-state index is 0.364. The Kier molecular flexibility index (Phi) is 5.41. The fraction of sp³-hybridized carbons (Fsp3) is 0.933. The molecule has 0 spiro atoms. The van der Waals surface area contributed by atoms with E-state index in [4.69, 9.17) is 4.74 Å². The maximum atomic E-state index is 11.7. The van der Waals surface area contributed by atoms with Gasteiger partial charge in [0.2, 0.25) is 0 Å². The van der Waals surface area contributed by atoms with Crippen LogP contribution in [-0.4, -0.2) is 59.9 Å². The highest BCUT2D eigenvalue weighted by Gasteiger charge is 2.49. The number of hydrogen-bond acceptors (Lipinski definition) is 4. The molecule has 5 nitrogen and oxygen atoms in total. The van der Waals surface area contributed by atoms with Gasteiger partial charge in [0.15, 0.2) is 0 Å². The quantitative estimate of drug-likeness (QED) is 0.628. The Bertz CT molecular complexity index is 333. The smallest absolute Gasteiger partial charge is 0.323 e. The normalized spacial score (nSPS) is 30.1. The Morgan fingerprint density at radius 2 is 2.15 bits per heavy atom. The van der Waals surface area contributed by atoms with Gasteiger partial charge in [-0.3, -0.25) is 15.0 Å². The van der Waals surface area contributed by atoms with Gasteiger partial charge in [-0.25, -0.2) is 0 Å². The molecule has 2 fully saturated rings. The summed E-state index contributed by atoms with van der Waals surface area (Å²) in [6.45, 7) is 7.47. The number of ether oxygens (including phenoxy) is 1. The molecule has 2 atom stereocenters. The van der Waals surface area contributed by atoms with Gasteiger partial charge in [-0.15, -0.1) is 0 Å². The van der Waals surface area contributed by atoms with Crippen LogP contribution >= 0.6 is 0 Å². The van der Waals surface area contributed by atoms with Crippen LogP contribution in [0.15, 0.2) is 0 Å². The molecule has 2 aliphatic carbocycles. The van der Waals surface area contributed by atoms with E-state index in [1.54, 1.807) is 0 Å². The van der Waals surface area contributed by atoms with Gasteiger partial charge in [0.05, 0.1) is 6.61 Å². The Morgan fingerprint density at radius 3 is 2.70 bits per heavy atom. The van der Waals surface area contributed by atoms with Crippen molar-refractivity contribution in [3.8, 4) is 0 Å². The minimum atomic E-state index is -0.690. The highest BCUT2D eigenvalue weighted by molar-refractivity contribution is 5.79. The van der Waals surface area contributed by atoms with Gasteiger partial charge in [-0.05, 0) is 45.6 Å². The summed E-state index contributed by atoms with van der Waals surface area (Å²) in [4.78, 5) is 14.1. The van der Waals surface area contributed by atoms with E-state index in [0.29, 0.717) is 12.1 Å². The summed E-state index contributed by atoms with van der Waals surface area (Å²) in [6.07, 6.45) is 4.68. The molecular weight excluding hydrogens is 256 g/mol. The first-order valence-corrected chi connectivity index (χ1v) is 7.94. The molecule has 0 bridgehead atoms. The van der Waals surface area contributed by atoms with Crippen molar-refractivity contribution in [2.75, 3.05) is 26.3 Å². The second-order valence-electron chi connectivity index (χ2n) is 6.03. The third kappa shape index (κ3) is 3.71. The number of rotatable bonds is 9. The first-order valence-electron chi connectivity index (χ1n) is 7.94. The van der Waals surface area contributed by atoms with Crippen molar-refractivity contribution in [3.05, 3.63) is 0 Å². The van der Waals surface area contributed by atoms with E-state index < -0.39 is 11.5 Å². The number of hydrogen-bond donors (Lipinski definition) is 2. The lowest BCUT2D eigenvalue weighted by Gasteiger charge is -2.30. The minimum Gasteiger partial charge on any atom is -0.480 e. The van der Waals surface area contributed by atoms with E-state index in [2.05, 4.69) is 17.1 Å². The first kappa shape index (κ1) is 15.7. The lowest BCUT2D eigenvalue weighted by molar-refractivity contribution is -0.145. The summed E-state index contributed by atoms with van der Waals surface area (Å²) in [6, 6.07) is 0.797. The summed E-state index contributed by atoms with van der Waals surface area (Å²) in [7, 11) is 0. The molecule has 2 rings (SSSR count). The molecule has 0 aromatic heterocycles. The maximum absolute atomic E-state index is 11.7. The molecule has 20 heavy (non-hydrogen) atoms. The van der Waals surface area contributed by atoms with Crippen LogP contribution in [0.3, 0.4) is 0 Å². The molecule has 0 aromatic carbocycles. The summed E-state index contributed by atoms with van der Waals surface area (Å²) in [5, 5.41) is 13.0. The van der Waals surface area contributed by atoms with Gasteiger partial charge >= 0.3 is 5.97 Å². The molecule has 0 heterocycles. The fourth-order valence-corrected chi connectivity index (χ4v) is 3.26. The Labute approximate surface area is 121 Å². The fourth-order valence-electron chi connectivity index (χ4n) is 3.26. The van der Waals surface area contributed by atoms with E-state index >= 15 is 0 Å². The highest BCUT2D eigenvalue weighted by atomic mass is 16.5. The van der Waals surface area contributed by atoms with Crippen LogP contribution in [0.4, 0.5) is 0 Å². The van der Waals surface area contributed by atoms with E-state index in [1.807, 2.05) is 6.92 Å². The van der Waals surface area contributed by atoms with Gasteiger partial charge in [0.1, 0.15) is 5.54 Å². The lowest BCUT2D eigenvalue weighted by Crippen LogP contribution is -2.52. The van der Waals surface area contributed by atoms with Crippen LogP contribution < -0.4 is 5.32 Å².